The predicted molar refractivity (Wildman–Crippen MR) is 84.9 cm³/mol. The van der Waals surface area contributed by atoms with E-state index >= 15 is 0 Å². The molecule has 2 unspecified atom stereocenters. The van der Waals surface area contributed by atoms with E-state index in [0.29, 0.717) is 12.3 Å². The lowest BCUT2D eigenvalue weighted by molar-refractivity contribution is -0.141. The topological polar surface area (TPSA) is 52.7 Å². The fraction of sp³-hybridized carbons (Fsp3) is 0.875. The zero-order valence-electron chi connectivity index (χ0n) is 14.3. The zero-order chi connectivity index (χ0) is 16.2. The maximum Gasteiger partial charge on any atom is 0.247 e. The van der Waals surface area contributed by atoms with E-state index in [9.17, 15) is 9.59 Å². The second-order valence-electron chi connectivity index (χ2n) is 6.61. The Morgan fingerprint density at radius 3 is 2.24 bits per heavy atom. The minimum atomic E-state index is -0.356. The highest BCUT2D eigenvalue weighted by Gasteiger charge is 2.42. The minimum Gasteiger partial charge on any atom is -0.308 e. The molecule has 2 amide bonds. The zero-order valence-corrected chi connectivity index (χ0v) is 14.3. The molecule has 0 aromatic carbocycles. The molecule has 0 aliphatic carbocycles. The molecule has 1 aliphatic heterocycles. The number of hydrogen-bond acceptors (Lipinski definition) is 4. The maximum absolute atomic E-state index is 12.5. The van der Waals surface area contributed by atoms with E-state index in [2.05, 4.69) is 24.1 Å². The van der Waals surface area contributed by atoms with Gasteiger partial charge in [0.25, 0.3) is 0 Å². The van der Waals surface area contributed by atoms with Crippen molar-refractivity contribution in [1.29, 1.82) is 0 Å². The van der Waals surface area contributed by atoms with Crippen LogP contribution in [0.3, 0.4) is 0 Å². The largest absolute Gasteiger partial charge is 0.308 e. The van der Waals surface area contributed by atoms with Crippen LogP contribution in [0.25, 0.3) is 0 Å². The van der Waals surface area contributed by atoms with Gasteiger partial charge in [-0.05, 0) is 32.9 Å². The number of carbonyl (C=O) groups is 2. The van der Waals surface area contributed by atoms with E-state index in [4.69, 9.17) is 0 Å². The van der Waals surface area contributed by atoms with Crippen molar-refractivity contribution in [3.63, 3.8) is 0 Å². The van der Waals surface area contributed by atoms with Crippen LogP contribution in [-0.2, 0) is 9.59 Å². The van der Waals surface area contributed by atoms with Crippen molar-refractivity contribution in [1.82, 2.24) is 15.1 Å². The van der Waals surface area contributed by atoms with Crippen LogP contribution in [0.4, 0.5) is 0 Å². The van der Waals surface area contributed by atoms with E-state index in [1.165, 1.54) is 4.90 Å². The number of nitrogens with zero attached hydrogens (tertiary/aromatic N) is 2. The average molecular weight is 297 g/mol. The molecular formula is C16H31N3O2. The number of likely N-dealkylation sites (N-methyl/N-ethyl adjacent to an activating group) is 1. The molecule has 0 spiro atoms. The molecule has 1 saturated heterocycles. The van der Waals surface area contributed by atoms with E-state index in [0.717, 1.165) is 19.4 Å². The third-order valence-corrected chi connectivity index (χ3v) is 4.27. The summed E-state index contributed by atoms with van der Waals surface area (Å²) >= 11 is 0. The number of likely N-dealkylation sites (tertiary alicyclic amines) is 1. The molecule has 0 saturated carbocycles. The van der Waals surface area contributed by atoms with Gasteiger partial charge in [-0.15, -0.1) is 0 Å². The molecule has 1 aliphatic rings. The summed E-state index contributed by atoms with van der Waals surface area (Å²) in [5, 5.41) is 3.41. The van der Waals surface area contributed by atoms with Gasteiger partial charge in [-0.1, -0.05) is 27.7 Å². The fourth-order valence-corrected chi connectivity index (χ4v) is 2.93. The Hall–Kier alpha value is -0.940. The van der Waals surface area contributed by atoms with Crippen LogP contribution in [0.2, 0.25) is 0 Å². The van der Waals surface area contributed by atoms with Crippen molar-refractivity contribution in [2.24, 2.45) is 5.92 Å². The highest BCUT2D eigenvalue weighted by atomic mass is 16.2. The van der Waals surface area contributed by atoms with Crippen LogP contribution in [0, 0.1) is 5.92 Å². The van der Waals surface area contributed by atoms with Crippen molar-refractivity contribution < 1.29 is 9.59 Å². The van der Waals surface area contributed by atoms with Crippen LogP contribution in [-0.4, -0.2) is 60.4 Å². The van der Waals surface area contributed by atoms with Crippen LogP contribution in [0.5, 0.6) is 0 Å². The van der Waals surface area contributed by atoms with E-state index < -0.39 is 0 Å². The SMILES string of the molecule is CCC(CC)N1C(=O)CC(NC(CN(C)C)C(C)C)C1=O. The van der Waals surface area contributed by atoms with Gasteiger partial charge < -0.3 is 10.2 Å². The Morgan fingerprint density at radius 2 is 1.81 bits per heavy atom. The van der Waals surface area contributed by atoms with Gasteiger partial charge in [0.15, 0.2) is 0 Å². The molecule has 1 rings (SSSR count). The molecule has 21 heavy (non-hydrogen) atoms. The molecule has 0 bridgehead atoms. The van der Waals surface area contributed by atoms with Gasteiger partial charge >= 0.3 is 0 Å². The van der Waals surface area contributed by atoms with E-state index in [1.54, 1.807) is 0 Å². The predicted octanol–water partition coefficient (Wildman–Crippen LogP) is 1.48. The molecule has 122 valence electrons. The molecule has 1 N–H and O–H groups in total. The third kappa shape index (κ3) is 4.51. The number of hydrogen-bond donors (Lipinski definition) is 1. The standard InChI is InChI=1S/C16H31N3O2/c1-7-12(8-2)19-15(20)9-13(16(19)21)17-14(11(3)4)10-18(5)6/h11-14,17H,7-10H2,1-6H3. The highest BCUT2D eigenvalue weighted by molar-refractivity contribution is 6.05. The second-order valence-corrected chi connectivity index (χ2v) is 6.61. The number of carbonyl (C=O) groups excluding carboxylic acids is 2. The highest BCUT2D eigenvalue weighted by Crippen LogP contribution is 2.21. The van der Waals surface area contributed by atoms with Gasteiger partial charge in [-0.25, -0.2) is 0 Å². The summed E-state index contributed by atoms with van der Waals surface area (Å²) in [5.74, 6) is 0.342. The van der Waals surface area contributed by atoms with Gasteiger partial charge in [-0.3, -0.25) is 14.5 Å². The van der Waals surface area contributed by atoms with Gasteiger partial charge in [-0.2, -0.15) is 0 Å². The maximum atomic E-state index is 12.5. The van der Waals surface area contributed by atoms with Gasteiger partial charge in [0.1, 0.15) is 0 Å². The van der Waals surface area contributed by atoms with E-state index in [-0.39, 0.29) is 29.9 Å². The molecule has 1 heterocycles. The average Bonchev–Trinajstić information content (AvgIpc) is 2.66. The molecule has 2 atom stereocenters. The first-order valence-corrected chi connectivity index (χ1v) is 8.08. The first-order chi connectivity index (χ1) is 9.81. The first kappa shape index (κ1) is 18.1. The van der Waals surface area contributed by atoms with Gasteiger partial charge in [0.2, 0.25) is 11.8 Å². The summed E-state index contributed by atoms with van der Waals surface area (Å²) in [6, 6.07) is -0.1000. The van der Waals surface area contributed by atoms with Gasteiger partial charge in [0.05, 0.1) is 12.5 Å². The smallest absolute Gasteiger partial charge is 0.247 e. The number of amides is 2. The molecule has 0 aromatic rings. The van der Waals surface area contributed by atoms with Crippen LogP contribution < -0.4 is 5.32 Å². The van der Waals surface area contributed by atoms with E-state index in [1.807, 2.05) is 27.9 Å². The van der Waals surface area contributed by atoms with Crippen molar-refractivity contribution in [2.45, 2.75) is 65.1 Å². The molecule has 1 fully saturated rings. The van der Waals surface area contributed by atoms with Crippen molar-refractivity contribution in [2.75, 3.05) is 20.6 Å². The normalized spacial score (nSPS) is 21.2. The summed E-state index contributed by atoms with van der Waals surface area (Å²) in [7, 11) is 4.05. The fourth-order valence-electron chi connectivity index (χ4n) is 2.93. The summed E-state index contributed by atoms with van der Waals surface area (Å²) in [6.07, 6.45) is 1.95. The Labute approximate surface area is 129 Å². The quantitative estimate of drug-likeness (QED) is 0.690. The third-order valence-electron chi connectivity index (χ3n) is 4.27. The minimum absolute atomic E-state index is 0.0291. The summed E-state index contributed by atoms with van der Waals surface area (Å²) < 4.78 is 0. The lowest BCUT2D eigenvalue weighted by atomic mass is 10.0. The number of nitrogens with one attached hydrogen (secondary N) is 1. The Kier molecular flexibility index (Phi) is 6.81. The lowest BCUT2D eigenvalue weighted by Gasteiger charge is -2.29. The Balaban J connectivity index is 2.77. The molecule has 0 aromatic heterocycles. The molecular weight excluding hydrogens is 266 g/mol. The first-order valence-electron chi connectivity index (χ1n) is 8.08. The number of rotatable bonds is 8. The Morgan fingerprint density at radius 1 is 1.24 bits per heavy atom. The summed E-state index contributed by atoms with van der Waals surface area (Å²) in [5.41, 5.74) is 0. The molecule has 5 heteroatoms. The Bertz CT molecular complexity index is 365. The van der Waals surface area contributed by atoms with Crippen LogP contribution in [0.15, 0.2) is 0 Å². The van der Waals surface area contributed by atoms with Crippen molar-refractivity contribution in [3.8, 4) is 0 Å². The summed E-state index contributed by atoms with van der Waals surface area (Å²) in [6.45, 7) is 9.19. The summed E-state index contributed by atoms with van der Waals surface area (Å²) in [4.78, 5) is 28.3. The molecule has 0 radical (unpaired) electrons. The number of imide groups is 1. The van der Waals surface area contributed by atoms with Crippen LogP contribution in [0.1, 0.15) is 47.0 Å². The van der Waals surface area contributed by atoms with Crippen molar-refractivity contribution >= 4 is 11.8 Å². The van der Waals surface area contributed by atoms with Gasteiger partial charge in [0, 0.05) is 18.6 Å². The monoisotopic (exact) mass is 297 g/mol. The lowest BCUT2D eigenvalue weighted by Crippen LogP contribution is -2.50. The van der Waals surface area contributed by atoms with Crippen molar-refractivity contribution in [3.05, 3.63) is 0 Å². The van der Waals surface area contributed by atoms with Crippen LogP contribution >= 0.6 is 0 Å². The second kappa shape index (κ2) is 7.90. The molecule has 5 nitrogen and oxygen atoms in total.